The van der Waals surface area contributed by atoms with Crippen LogP contribution in [0.3, 0.4) is 0 Å². The van der Waals surface area contributed by atoms with Gasteiger partial charge in [0.15, 0.2) is 0 Å². The summed E-state index contributed by atoms with van der Waals surface area (Å²) >= 11 is 0. The number of benzene rings is 3. The van der Waals surface area contributed by atoms with Gasteiger partial charge in [-0.05, 0) is 22.6 Å². The third kappa shape index (κ3) is 2.05. The average molecular weight is 262 g/mol. The molecule has 2 nitrogen and oxygen atoms in total. The molecule has 0 amide bonds. The highest BCUT2D eigenvalue weighted by molar-refractivity contribution is 6.00. The van der Waals surface area contributed by atoms with Crippen molar-refractivity contribution in [3.8, 4) is 16.9 Å². The van der Waals surface area contributed by atoms with E-state index in [1.807, 2.05) is 42.5 Å². The maximum atomic E-state index is 10.7. The van der Waals surface area contributed by atoms with Crippen molar-refractivity contribution in [3.05, 3.63) is 66.2 Å². The molecule has 0 saturated carbocycles. The van der Waals surface area contributed by atoms with Crippen LogP contribution in [0.2, 0.25) is 0 Å². The number of ether oxygens (including phenoxy) is 1. The van der Waals surface area contributed by atoms with Crippen molar-refractivity contribution in [2.45, 2.75) is 0 Å². The Kier molecular flexibility index (Phi) is 3.21. The van der Waals surface area contributed by atoms with Crippen molar-refractivity contribution >= 4 is 17.1 Å². The molecule has 98 valence electrons. The summed E-state index contributed by atoms with van der Waals surface area (Å²) in [5.41, 5.74) is 2.92. The molecule has 3 aromatic carbocycles. The van der Waals surface area contributed by atoms with E-state index in [1.165, 1.54) is 0 Å². The molecule has 0 N–H and O–H groups in total. The number of carbonyl (C=O) groups is 1. The lowest BCUT2D eigenvalue weighted by molar-refractivity contribution is 0.112. The van der Waals surface area contributed by atoms with Gasteiger partial charge in [-0.15, -0.1) is 0 Å². The van der Waals surface area contributed by atoms with Gasteiger partial charge >= 0.3 is 0 Å². The second kappa shape index (κ2) is 5.17. The Morgan fingerprint density at radius 2 is 1.55 bits per heavy atom. The summed E-state index contributed by atoms with van der Waals surface area (Å²) in [6, 6.07) is 19.8. The molecular weight excluding hydrogens is 248 g/mol. The first-order valence-corrected chi connectivity index (χ1v) is 6.45. The van der Waals surface area contributed by atoms with E-state index in [0.717, 1.165) is 33.9 Å². The first-order chi connectivity index (χ1) is 9.83. The minimum Gasteiger partial charge on any atom is -0.496 e. The molecule has 0 aliphatic carbocycles. The molecule has 0 atom stereocenters. The van der Waals surface area contributed by atoms with Crippen LogP contribution in [-0.4, -0.2) is 13.4 Å². The van der Waals surface area contributed by atoms with Gasteiger partial charge in [-0.3, -0.25) is 4.79 Å². The zero-order valence-electron chi connectivity index (χ0n) is 11.2. The Labute approximate surface area is 117 Å². The van der Waals surface area contributed by atoms with Crippen molar-refractivity contribution in [2.75, 3.05) is 7.11 Å². The van der Waals surface area contributed by atoms with Crippen LogP contribution < -0.4 is 4.74 Å². The standard InChI is InChI=1S/C18H14O2/c1-20-18-11-10-15(16-4-2-3-5-17(16)18)14-8-6-13(12-19)7-9-14/h2-12H,1H3. The van der Waals surface area contributed by atoms with E-state index in [4.69, 9.17) is 4.74 Å². The van der Waals surface area contributed by atoms with Gasteiger partial charge in [-0.1, -0.05) is 54.6 Å². The zero-order chi connectivity index (χ0) is 13.9. The number of carbonyl (C=O) groups excluding carboxylic acids is 1. The molecule has 0 fully saturated rings. The zero-order valence-corrected chi connectivity index (χ0v) is 11.2. The van der Waals surface area contributed by atoms with E-state index < -0.39 is 0 Å². The number of hydrogen-bond donors (Lipinski definition) is 0. The first-order valence-electron chi connectivity index (χ1n) is 6.45. The van der Waals surface area contributed by atoms with E-state index >= 15 is 0 Å². The minimum absolute atomic E-state index is 0.687. The predicted molar refractivity (Wildman–Crippen MR) is 81.3 cm³/mol. The second-order valence-electron chi connectivity index (χ2n) is 4.60. The van der Waals surface area contributed by atoms with E-state index in [1.54, 1.807) is 7.11 Å². The van der Waals surface area contributed by atoms with E-state index in [9.17, 15) is 4.79 Å². The molecule has 0 spiro atoms. The van der Waals surface area contributed by atoms with Crippen LogP contribution in [0.1, 0.15) is 10.4 Å². The van der Waals surface area contributed by atoms with Crippen molar-refractivity contribution in [1.29, 1.82) is 0 Å². The maximum absolute atomic E-state index is 10.7. The normalized spacial score (nSPS) is 10.4. The maximum Gasteiger partial charge on any atom is 0.150 e. The fourth-order valence-electron chi connectivity index (χ4n) is 2.44. The second-order valence-corrected chi connectivity index (χ2v) is 4.60. The summed E-state index contributed by atoms with van der Waals surface area (Å²) < 4.78 is 5.41. The Morgan fingerprint density at radius 3 is 2.20 bits per heavy atom. The summed E-state index contributed by atoms with van der Waals surface area (Å²) in [7, 11) is 1.68. The minimum atomic E-state index is 0.687. The highest BCUT2D eigenvalue weighted by Crippen LogP contribution is 2.34. The van der Waals surface area contributed by atoms with Crippen molar-refractivity contribution in [2.24, 2.45) is 0 Å². The molecule has 0 bridgehead atoms. The monoisotopic (exact) mass is 262 g/mol. The van der Waals surface area contributed by atoms with Crippen LogP contribution in [0, 0.1) is 0 Å². The summed E-state index contributed by atoms with van der Waals surface area (Å²) in [6.07, 6.45) is 0.857. The van der Waals surface area contributed by atoms with Gasteiger partial charge in [0.2, 0.25) is 0 Å². The number of methoxy groups -OCH3 is 1. The van der Waals surface area contributed by atoms with E-state index in [-0.39, 0.29) is 0 Å². The largest absolute Gasteiger partial charge is 0.496 e. The van der Waals surface area contributed by atoms with Gasteiger partial charge in [0, 0.05) is 10.9 Å². The Morgan fingerprint density at radius 1 is 0.850 bits per heavy atom. The lowest BCUT2D eigenvalue weighted by atomic mass is 9.97. The summed E-state index contributed by atoms with van der Waals surface area (Å²) in [5, 5.41) is 2.23. The highest BCUT2D eigenvalue weighted by atomic mass is 16.5. The molecule has 0 aliphatic heterocycles. The van der Waals surface area contributed by atoms with Gasteiger partial charge in [-0.2, -0.15) is 0 Å². The molecule has 0 heterocycles. The lowest BCUT2D eigenvalue weighted by Crippen LogP contribution is -1.88. The fourth-order valence-corrected chi connectivity index (χ4v) is 2.44. The number of hydrogen-bond acceptors (Lipinski definition) is 2. The Hall–Kier alpha value is -2.61. The molecule has 2 heteroatoms. The SMILES string of the molecule is COc1ccc(-c2ccc(C=O)cc2)c2ccccc12. The van der Waals surface area contributed by atoms with Crippen molar-refractivity contribution in [1.82, 2.24) is 0 Å². The summed E-state index contributed by atoms with van der Waals surface area (Å²) in [5.74, 6) is 0.869. The quantitative estimate of drug-likeness (QED) is 0.657. The first kappa shape index (κ1) is 12.4. The lowest BCUT2D eigenvalue weighted by Gasteiger charge is -2.10. The summed E-state index contributed by atoms with van der Waals surface area (Å²) in [6.45, 7) is 0. The third-order valence-corrected chi connectivity index (χ3v) is 3.46. The van der Waals surface area contributed by atoms with E-state index in [0.29, 0.717) is 5.56 Å². The Bertz CT molecular complexity index is 758. The molecule has 3 aromatic rings. The van der Waals surface area contributed by atoms with Gasteiger partial charge in [-0.25, -0.2) is 0 Å². The molecule has 3 rings (SSSR count). The molecule has 0 aliphatic rings. The molecule has 20 heavy (non-hydrogen) atoms. The number of aldehydes is 1. The Balaban J connectivity index is 2.23. The van der Waals surface area contributed by atoms with Crippen LogP contribution in [0.15, 0.2) is 60.7 Å². The fraction of sp³-hybridized carbons (Fsp3) is 0.0556. The molecule has 0 saturated heterocycles. The van der Waals surface area contributed by atoms with Crippen LogP contribution in [0.4, 0.5) is 0 Å². The van der Waals surface area contributed by atoms with Crippen LogP contribution in [0.5, 0.6) is 5.75 Å². The smallest absolute Gasteiger partial charge is 0.150 e. The molecule has 0 aromatic heterocycles. The van der Waals surface area contributed by atoms with Crippen LogP contribution in [-0.2, 0) is 0 Å². The average Bonchev–Trinajstić information content (AvgIpc) is 2.54. The van der Waals surface area contributed by atoms with E-state index in [2.05, 4.69) is 18.2 Å². The van der Waals surface area contributed by atoms with Crippen LogP contribution in [0.25, 0.3) is 21.9 Å². The van der Waals surface area contributed by atoms with Crippen molar-refractivity contribution in [3.63, 3.8) is 0 Å². The summed E-state index contributed by atoms with van der Waals surface area (Å²) in [4.78, 5) is 10.7. The van der Waals surface area contributed by atoms with Gasteiger partial charge in [0.25, 0.3) is 0 Å². The highest BCUT2D eigenvalue weighted by Gasteiger charge is 2.07. The van der Waals surface area contributed by atoms with Gasteiger partial charge in [0.1, 0.15) is 12.0 Å². The number of fused-ring (bicyclic) bond motifs is 1. The molecule has 0 unspecified atom stereocenters. The van der Waals surface area contributed by atoms with Crippen molar-refractivity contribution < 1.29 is 9.53 Å². The molecule has 0 radical (unpaired) electrons. The predicted octanol–water partition coefficient (Wildman–Crippen LogP) is 4.33. The number of rotatable bonds is 3. The van der Waals surface area contributed by atoms with Crippen LogP contribution >= 0.6 is 0 Å². The third-order valence-electron chi connectivity index (χ3n) is 3.46. The van der Waals surface area contributed by atoms with Gasteiger partial charge < -0.3 is 4.74 Å². The van der Waals surface area contributed by atoms with Gasteiger partial charge in [0.05, 0.1) is 7.11 Å². The molecular formula is C18H14O2. The topological polar surface area (TPSA) is 26.3 Å².